The minimum Gasteiger partial charge on any atom is -0.492 e. The van der Waals surface area contributed by atoms with Crippen LogP contribution in [0.4, 0.5) is 0 Å². The van der Waals surface area contributed by atoms with Crippen molar-refractivity contribution < 1.29 is 5.11 Å². The molecule has 3 rings (SSSR count). The molecule has 19 heavy (non-hydrogen) atoms. The van der Waals surface area contributed by atoms with E-state index in [1.807, 2.05) is 24.3 Å². The number of para-hydroxylation sites is 1. The third-order valence-corrected chi connectivity index (χ3v) is 3.46. The van der Waals surface area contributed by atoms with Crippen LogP contribution in [0, 0.1) is 0 Å². The summed E-state index contributed by atoms with van der Waals surface area (Å²) in [5, 5.41) is 10.5. The highest BCUT2D eigenvalue weighted by Gasteiger charge is 2.11. The van der Waals surface area contributed by atoms with E-state index in [2.05, 4.69) is 30.9 Å². The number of aromatic nitrogens is 3. The maximum absolute atomic E-state index is 11.7. The second kappa shape index (κ2) is 4.47. The molecule has 0 bridgehead atoms. The van der Waals surface area contributed by atoms with E-state index < -0.39 is 5.56 Å². The van der Waals surface area contributed by atoms with Crippen molar-refractivity contribution in [2.45, 2.75) is 0 Å². The smallest absolute Gasteiger partial charge is 0.269 e. The maximum atomic E-state index is 11.7. The summed E-state index contributed by atoms with van der Waals surface area (Å²) in [4.78, 5) is 22.5. The van der Waals surface area contributed by atoms with Crippen molar-refractivity contribution in [3.8, 4) is 17.3 Å². The molecule has 5 nitrogen and oxygen atoms in total. The second-order valence-electron chi connectivity index (χ2n) is 3.93. The fraction of sp³-hybridized carbons (Fsp3) is 0. The van der Waals surface area contributed by atoms with E-state index in [1.54, 1.807) is 12.3 Å². The average molecular weight is 318 g/mol. The van der Waals surface area contributed by atoms with Gasteiger partial charge in [-0.25, -0.2) is 0 Å². The fourth-order valence-electron chi connectivity index (χ4n) is 1.88. The lowest BCUT2D eigenvalue weighted by molar-refractivity contribution is 0.448. The van der Waals surface area contributed by atoms with Crippen LogP contribution in [-0.2, 0) is 0 Å². The fourth-order valence-corrected chi connectivity index (χ4v) is 2.06. The molecule has 2 N–H and O–H groups in total. The third-order valence-electron chi connectivity index (χ3n) is 2.75. The molecule has 0 saturated carbocycles. The number of nitrogens with one attached hydrogen (secondary N) is 1. The quantitative estimate of drug-likeness (QED) is 0.722. The first kappa shape index (κ1) is 11.9. The van der Waals surface area contributed by atoms with Crippen molar-refractivity contribution in [2.75, 3.05) is 0 Å². The van der Waals surface area contributed by atoms with Gasteiger partial charge in [0.25, 0.3) is 5.56 Å². The predicted octanol–water partition coefficient (Wildman–Crippen LogP) is 2.45. The number of benzene rings is 1. The molecule has 3 aromatic rings. The molecule has 94 valence electrons. The van der Waals surface area contributed by atoms with Gasteiger partial charge in [-0.3, -0.25) is 9.78 Å². The number of rotatable bonds is 1. The molecule has 0 aliphatic carbocycles. The van der Waals surface area contributed by atoms with Gasteiger partial charge < -0.3 is 10.1 Å². The summed E-state index contributed by atoms with van der Waals surface area (Å²) >= 11 is 2.97. The number of hydrogen-bond donors (Lipinski definition) is 2. The van der Waals surface area contributed by atoms with Crippen molar-refractivity contribution in [3.63, 3.8) is 0 Å². The minimum absolute atomic E-state index is 0.0228. The Bertz CT molecular complexity index is 824. The Kier molecular flexibility index (Phi) is 2.79. The molecule has 0 fully saturated rings. The lowest BCUT2D eigenvalue weighted by atomic mass is 10.1. The van der Waals surface area contributed by atoms with Crippen molar-refractivity contribution in [3.05, 3.63) is 51.4 Å². The highest BCUT2D eigenvalue weighted by Crippen LogP contribution is 2.26. The van der Waals surface area contributed by atoms with Crippen molar-refractivity contribution in [2.24, 2.45) is 0 Å². The van der Waals surface area contributed by atoms with Crippen LogP contribution in [0.3, 0.4) is 0 Å². The van der Waals surface area contributed by atoms with E-state index in [4.69, 9.17) is 0 Å². The monoisotopic (exact) mass is 317 g/mol. The molecular formula is C13H8BrN3O2. The molecular weight excluding hydrogens is 310 g/mol. The Labute approximate surface area is 116 Å². The number of nitrogens with zero attached hydrogens (tertiary/aromatic N) is 2. The van der Waals surface area contributed by atoms with Gasteiger partial charge in [0.1, 0.15) is 10.3 Å². The molecule has 0 radical (unpaired) electrons. The normalized spacial score (nSPS) is 10.8. The SMILES string of the molecule is O=c1[nH]c(-c2ccnc3ccccc23)nc(O)c1Br. The zero-order valence-corrected chi connectivity index (χ0v) is 11.2. The van der Waals surface area contributed by atoms with E-state index in [-0.39, 0.29) is 10.4 Å². The minimum atomic E-state index is -0.427. The maximum Gasteiger partial charge on any atom is 0.269 e. The number of hydrogen-bond acceptors (Lipinski definition) is 4. The largest absolute Gasteiger partial charge is 0.492 e. The van der Waals surface area contributed by atoms with Gasteiger partial charge in [0, 0.05) is 17.1 Å². The molecule has 2 heterocycles. The number of fused-ring (bicyclic) bond motifs is 1. The number of pyridine rings is 1. The number of aromatic amines is 1. The number of halogens is 1. The van der Waals surface area contributed by atoms with Gasteiger partial charge in [0.2, 0.25) is 5.88 Å². The van der Waals surface area contributed by atoms with Crippen LogP contribution < -0.4 is 5.56 Å². The van der Waals surface area contributed by atoms with Gasteiger partial charge in [-0.15, -0.1) is 0 Å². The molecule has 1 aromatic carbocycles. The van der Waals surface area contributed by atoms with Gasteiger partial charge in [-0.2, -0.15) is 4.98 Å². The second-order valence-corrected chi connectivity index (χ2v) is 4.72. The molecule has 0 amide bonds. The molecule has 0 aliphatic heterocycles. The summed E-state index contributed by atoms with van der Waals surface area (Å²) < 4.78 is 0.0228. The molecule has 0 aliphatic rings. The Balaban J connectivity index is 2.34. The van der Waals surface area contributed by atoms with Crippen molar-refractivity contribution >= 4 is 26.8 Å². The van der Waals surface area contributed by atoms with E-state index >= 15 is 0 Å². The molecule has 0 spiro atoms. The Morgan fingerprint density at radius 3 is 2.79 bits per heavy atom. The molecule has 0 unspecified atom stereocenters. The predicted molar refractivity (Wildman–Crippen MR) is 75.0 cm³/mol. The third kappa shape index (κ3) is 2.00. The van der Waals surface area contributed by atoms with E-state index in [1.165, 1.54) is 0 Å². The zero-order chi connectivity index (χ0) is 13.4. The molecule has 0 atom stereocenters. The summed E-state index contributed by atoms with van der Waals surface area (Å²) in [6.07, 6.45) is 1.64. The van der Waals surface area contributed by atoms with Crippen LogP contribution in [0.25, 0.3) is 22.3 Å². The Morgan fingerprint density at radius 2 is 2.00 bits per heavy atom. The van der Waals surface area contributed by atoms with Crippen LogP contribution in [-0.4, -0.2) is 20.1 Å². The average Bonchev–Trinajstić information content (AvgIpc) is 2.43. The van der Waals surface area contributed by atoms with Crippen molar-refractivity contribution in [1.82, 2.24) is 15.0 Å². The molecule has 6 heteroatoms. The zero-order valence-electron chi connectivity index (χ0n) is 9.59. The highest BCUT2D eigenvalue weighted by molar-refractivity contribution is 9.10. The first-order valence-corrected chi connectivity index (χ1v) is 6.29. The van der Waals surface area contributed by atoms with Crippen LogP contribution in [0.5, 0.6) is 5.88 Å². The summed E-state index contributed by atoms with van der Waals surface area (Å²) in [5.41, 5.74) is 1.08. The summed E-state index contributed by atoms with van der Waals surface area (Å²) in [6.45, 7) is 0. The van der Waals surface area contributed by atoms with Gasteiger partial charge in [-0.05, 0) is 28.1 Å². The summed E-state index contributed by atoms with van der Waals surface area (Å²) in [5.74, 6) is -0.0241. The number of aromatic hydroxyl groups is 1. The summed E-state index contributed by atoms with van der Waals surface area (Å²) in [6, 6.07) is 9.26. The molecule has 2 aromatic heterocycles. The number of H-pyrrole nitrogens is 1. The van der Waals surface area contributed by atoms with Crippen LogP contribution in [0.1, 0.15) is 0 Å². The van der Waals surface area contributed by atoms with Gasteiger partial charge in [-0.1, -0.05) is 18.2 Å². The molecule has 0 saturated heterocycles. The standard InChI is InChI=1S/C13H8BrN3O2/c14-10-12(18)16-11(17-13(10)19)8-5-6-15-9-4-2-1-3-7(8)9/h1-6H,(H2,16,17,18,19). The lowest BCUT2D eigenvalue weighted by Crippen LogP contribution is -2.09. The summed E-state index contributed by atoms with van der Waals surface area (Å²) in [7, 11) is 0. The van der Waals surface area contributed by atoms with Gasteiger partial charge >= 0.3 is 0 Å². The Morgan fingerprint density at radius 1 is 1.21 bits per heavy atom. The van der Waals surface area contributed by atoms with E-state index in [0.717, 1.165) is 10.9 Å². The first-order valence-electron chi connectivity index (χ1n) is 5.50. The lowest BCUT2D eigenvalue weighted by Gasteiger charge is -2.06. The van der Waals surface area contributed by atoms with E-state index in [9.17, 15) is 9.90 Å². The Hall–Kier alpha value is -2.21. The first-order chi connectivity index (χ1) is 9.16. The van der Waals surface area contributed by atoms with Crippen LogP contribution in [0.2, 0.25) is 0 Å². The van der Waals surface area contributed by atoms with Crippen LogP contribution in [0.15, 0.2) is 45.8 Å². The van der Waals surface area contributed by atoms with Crippen molar-refractivity contribution in [1.29, 1.82) is 0 Å². The van der Waals surface area contributed by atoms with Gasteiger partial charge in [0.05, 0.1) is 5.52 Å². The van der Waals surface area contributed by atoms with E-state index in [0.29, 0.717) is 11.4 Å². The van der Waals surface area contributed by atoms with Crippen LogP contribution >= 0.6 is 15.9 Å². The van der Waals surface area contributed by atoms with Gasteiger partial charge in [0.15, 0.2) is 0 Å². The highest BCUT2D eigenvalue weighted by atomic mass is 79.9. The topological polar surface area (TPSA) is 78.9 Å².